The van der Waals surface area contributed by atoms with Gasteiger partial charge in [-0.3, -0.25) is 4.79 Å². The second-order valence-corrected chi connectivity index (χ2v) is 6.97. The number of fused-ring (bicyclic) bond motifs is 3. The Bertz CT molecular complexity index is 390. The van der Waals surface area contributed by atoms with Crippen LogP contribution in [-0.4, -0.2) is 5.78 Å². The Kier molecular flexibility index (Phi) is 1.85. The van der Waals surface area contributed by atoms with E-state index in [1.807, 2.05) is 6.08 Å². The molecule has 1 nitrogen and oxygen atoms in total. The maximum Gasteiger partial charge on any atom is 0.155 e. The van der Waals surface area contributed by atoms with Crippen LogP contribution >= 0.6 is 0 Å². The highest BCUT2D eigenvalue weighted by atomic mass is 16.1. The lowest BCUT2D eigenvalue weighted by Gasteiger charge is -2.44. The van der Waals surface area contributed by atoms with Crippen molar-refractivity contribution in [2.45, 2.75) is 47.0 Å². The molecule has 0 spiro atoms. The average molecular weight is 218 g/mol. The third-order valence-electron chi connectivity index (χ3n) is 5.98. The van der Waals surface area contributed by atoms with Crippen molar-refractivity contribution in [3.05, 3.63) is 11.6 Å². The predicted molar refractivity (Wildman–Crippen MR) is 65.0 cm³/mol. The van der Waals surface area contributed by atoms with E-state index in [9.17, 15) is 4.79 Å². The summed E-state index contributed by atoms with van der Waals surface area (Å²) < 4.78 is 0. The average Bonchev–Trinajstić information content (AvgIpc) is 2.73. The molecule has 4 atom stereocenters. The van der Waals surface area contributed by atoms with Crippen LogP contribution in [0.4, 0.5) is 0 Å². The fourth-order valence-electron chi connectivity index (χ4n) is 4.87. The van der Waals surface area contributed by atoms with Crippen molar-refractivity contribution in [2.24, 2.45) is 28.6 Å². The summed E-state index contributed by atoms with van der Waals surface area (Å²) in [6.07, 6.45) is 5.21. The molecule has 2 fully saturated rings. The zero-order chi connectivity index (χ0) is 11.7. The summed E-state index contributed by atoms with van der Waals surface area (Å²) in [5, 5.41) is 0. The first kappa shape index (κ1) is 10.6. The first-order chi connectivity index (χ1) is 7.38. The van der Waals surface area contributed by atoms with Gasteiger partial charge in [0, 0.05) is 6.42 Å². The number of carbonyl (C=O) groups excluding carboxylic acids is 1. The van der Waals surface area contributed by atoms with E-state index < -0.39 is 0 Å². The number of ketones is 1. The molecule has 2 saturated carbocycles. The second-order valence-electron chi connectivity index (χ2n) is 6.97. The van der Waals surface area contributed by atoms with Crippen LogP contribution in [-0.2, 0) is 4.79 Å². The van der Waals surface area contributed by atoms with Crippen LogP contribution in [0.2, 0.25) is 0 Å². The van der Waals surface area contributed by atoms with Crippen LogP contribution in [0.5, 0.6) is 0 Å². The van der Waals surface area contributed by atoms with Gasteiger partial charge < -0.3 is 0 Å². The Morgan fingerprint density at radius 1 is 1.31 bits per heavy atom. The maximum absolute atomic E-state index is 11.7. The normalized spacial score (nSPS) is 49.1. The molecule has 1 unspecified atom stereocenters. The molecule has 0 heterocycles. The number of hydrogen-bond acceptors (Lipinski definition) is 1. The molecule has 0 aliphatic heterocycles. The van der Waals surface area contributed by atoms with E-state index in [1.165, 1.54) is 12.0 Å². The van der Waals surface area contributed by atoms with Crippen molar-refractivity contribution in [3.8, 4) is 0 Å². The molecule has 0 aromatic rings. The molecule has 1 heteroatoms. The Morgan fingerprint density at radius 3 is 2.69 bits per heavy atom. The van der Waals surface area contributed by atoms with E-state index in [0.717, 1.165) is 24.7 Å². The number of allylic oxidation sites excluding steroid dienone is 2. The molecule has 0 aromatic heterocycles. The minimum atomic E-state index is 0.320. The molecule has 3 aliphatic carbocycles. The van der Waals surface area contributed by atoms with Crippen LogP contribution < -0.4 is 0 Å². The first-order valence-corrected chi connectivity index (χ1v) is 6.62. The lowest BCUT2D eigenvalue weighted by atomic mass is 9.59. The van der Waals surface area contributed by atoms with E-state index in [4.69, 9.17) is 0 Å². The van der Waals surface area contributed by atoms with Gasteiger partial charge in [-0.25, -0.2) is 0 Å². The summed E-state index contributed by atoms with van der Waals surface area (Å²) >= 11 is 0. The van der Waals surface area contributed by atoms with Crippen molar-refractivity contribution in [1.29, 1.82) is 0 Å². The smallest absolute Gasteiger partial charge is 0.155 e. The molecule has 88 valence electrons. The molecule has 3 rings (SSSR count). The molecular formula is C15H22O. The van der Waals surface area contributed by atoms with Gasteiger partial charge in [-0.1, -0.05) is 33.3 Å². The van der Waals surface area contributed by atoms with Gasteiger partial charge in [0.1, 0.15) is 0 Å². The minimum Gasteiger partial charge on any atom is -0.295 e. The molecule has 0 amide bonds. The number of hydrogen-bond donors (Lipinski definition) is 0. The van der Waals surface area contributed by atoms with E-state index in [0.29, 0.717) is 22.5 Å². The van der Waals surface area contributed by atoms with Gasteiger partial charge in [-0.2, -0.15) is 0 Å². The predicted octanol–water partition coefficient (Wildman–Crippen LogP) is 3.59. The van der Waals surface area contributed by atoms with Crippen LogP contribution in [0.15, 0.2) is 11.6 Å². The molecular weight excluding hydrogens is 196 g/mol. The van der Waals surface area contributed by atoms with E-state index in [-0.39, 0.29) is 0 Å². The van der Waals surface area contributed by atoms with Crippen molar-refractivity contribution >= 4 is 5.78 Å². The van der Waals surface area contributed by atoms with Crippen molar-refractivity contribution in [2.75, 3.05) is 0 Å². The van der Waals surface area contributed by atoms with E-state index in [2.05, 4.69) is 27.7 Å². The van der Waals surface area contributed by atoms with Crippen LogP contribution in [0.25, 0.3) is 0 Å². The maximum atomic E-state index is 11.7. The summed E-state index contributed by atoms with van der Waals surface area (Å²) in [5.74, 6) is 2.62. The van der Waals surface area contributed by atoms with Crippen LogP contribution in [0.1, 0.15) is 47.0 Å². The zero-order valence-electron chi connectivity index (χ0n) is 10.8. The van der Waals surface area contributed by atoms with Gasteiger partial charge in [0.05, 0.1) is 0 Å². The van der Waals surface area contributed by atoms with E-state index in [1.54, 1.807) is 0 Å². The fourth-order valence-corrected chi connectivity index (χ4v) is 4.87. The third-order valence-corrected chi connectivity index (χ3v) is 5.98. The minimum absolute atomic E-state index is 0.320. The monoisotopic (exact) mass is 218 g/mol. The Hall–Kier alpha value is -0.590. The van der Waals surface area contributed by atoms with Crippen molar-refractivity contribution in [1.82, 2.24) is 0 Å². The summed E-state index contributed by atoms with van der Waals surface area (Å²) in [6.45, 7) is 9.53. The summed E-state index contributed by atoms with van der Waals surface area (Å²) in [5.41, 5.74) is 2.29. The summed E-state index contributed by atoms with van der Waals surface area (Å²) in [4.78, 5) is 11.7. The Balaban J connectivity index is 2.06. The zero-order valence-corrected chi connectivity index (χ0v) is 10.8. The van der Waals surface area contributed by atoms with Crippen LogP contribution in [0, 0.1) is 28.6 Å². The molecule has 16 heavy (non-hydrogen) atoms. The highest BCUT2D eigenvalue weighted by Crippen LogP contribution is 2.74. The Labute approximate surface area is 98.3 Å². The molecule has 0 N–H and O–H groups in total. The quantitative estimate of drug-likeness (QED) is 0.607. The Morgan fingerprint density at radius 2 is 2.00 bits per heavy atom. The summed E-state index contributed by atoms with van der Waals surface area (Å²) in [6, 6.07) is 0. The third kappa shape index (κ3) is 1.05. The number of carbonyl (C=O) groups is 1. The molecule has 0 aromatic carbocycles. The molecule has 0 bridgehead atoms. The summed E-state index contributed by atoms with van der Waals surface area (Å²) in [7, 11) is 0. The van der Waals surface area contributed by atoms with Gasteiger partial charge in [0.2, 0.25) is 0 Å². The van der Waals surface area contributed by atoms with Gasteiger partial charge in [0.15, 0.2) is 5.78 Å². The lowest BCUT2D eigenvalue weighted by Crippen LogP contribution is -2.38. The van der Waals surface area contributed by atoms with Crippen molar-refractivity contribution < 1.29 is 4.79 Å². The molecule has 3 aliphatic rings. The highest BCUT2D eigenvalue weighted by Gasteiger charge is 2.68. The molecule has 0 radical (unpaired) electrons. The van der Waals surface area contributed by atoms with Gasteiger partial charge >= 0.3 is 0 Å². The topological polar surface area (TPSA) is 17.1 Å². The van der Waals surface area contributed by atoms with Gasteiger partial charge in [-0.15, -0.1) is 0 Å². The standard InChI is InChI=1S/C15H22O/c1-9-7-11(16)8-10-5-6-12-13(14(12,2)3)15(9,10)4/h8-9,12-13H,5-7H2,1-4H3/t9?,12-,13+,15+/m1/s1. The van der Waals surface area contributed by atoms with E-state index >= 15 is 0 Å². The first-order valence-electron chi connectivity index (χ1n) is 6.62. The fraction of sp³-hybridized carbons (Fsp3) is 0.800. The highest BCUT2D eigenvalue weighted by molar-refractivity contribution is 5.92. The SMILES string of the molecule is CC1CC(=O)C=C2CC[C@@H]3[C@@H](C3(C)C)[C@]21C. The largest absolute Gasteiger partial charge is 0.295 e. The molecule has 0 saturated heterocycles. The van der Waals surface area contributed by atoms with Crippen LogP contribution in [0.3, 0.4) is 0 Å². The van der Waals surface area contributed by atoms with Gasteiger partial charge in [0.25, 0.3) is 0 Å². The van der Waals surface area contributed by atoms with Crippen molar-refractivity contribution in [3.63, 3.8) is 0 Å². The van der Waals surface area contributed by atoms with Gasteiger partial charge in [-0.05, 0) is 47.5 Å². The number of rotatable bonds is 0. The second kappa shape index (κ2) is 2.80. The lowest BCUT2D eigenvalue weighted by molar-refractivity contribution is -0.117.